The molecule has 0 unspecified atom stereocenters. The van der Waals surface area contributed by atoms with Crippen molar-refractivity contribution in [3.8, 4) is 11.5 Å². The first-order chi connectivity index (χ1) is 14.9. The van der Waals surface area contributed by atoms with Gasteiger partial charge in [-0.2, -0.15) is 0 Å². The molecule has 31 heavy (non-hydrogen) atoms. The molecular formula is C20H21N5O4S2. The predicted octanol–water partition coefficient (Wildman–Crippen LogP) is 3.52. The normalized spacial score (nSPS) is 10.4. The van der Waals surface area contributed by atoms with Gasteiger partial charge < -0.3 is 20.1 Å². The largest absolute Gasteiger partial charge is 0.491 e. The fourth-order valence-electron chi connectivity index (χ4n) is 2.50. The van der Waals surface area contributed by atoms with Crippen molar-refractivity contribution in [3.63, 3.8) is 0 Å². The van der Waals surface area contributed by atoms with Gasteiger partial charge in [0, 0.05) is 30.1 Å². The van der Waals surface area contributed by atoms with Crippen molar-refractivity contribution in [1.29, 1.82) is 0 Å². The van der Waals surface area contributed by atoms with Crippen LogP contribution in [0.15, 0.2) is 40.9 Å². The number of methoxy groups -OCH3 is 1. The van der Waals surface area contributed by atoms with Crippen LogP contribution in [0.4, 0.5) is 11.4 Å². The van der Waals surface area contributed by atoms with Crippen LogP contribution in [0.25, 0.3) is 0 Å². The maximum absolute atomic E-state index is 12.3. The zero-order valence-corrected chi connectivity index (χ0v) is 18.8. The van der Waals surface area contributed by atoms with Gasteiger partial charge in [-0.05, 0) is 25.1 Å². The molecule has 3 aromatic rings. The zero-order chi connectivity index (χ0) is 22.2. The molecule has 0 aliphatic heterocycles. The van der Waals surface area contributed by atoms with Crippen molar-refractivity contribution >= 4 is 46.3 Å². The van der Waals surface area contributed by atoms with Crippen LogP contribution in [0.1, 0.15) is 17.6 Å². The molecule has 162 valence electrons. The summed E-state index contributed by atoms with van der Waals surface area (Å²) in [6, 6.07) is 8.59. The molecule has 2 N–H and O–H groups in total. The molecule has 3 rings (SSSR count). The lowest BCUT2D eigenvalue weighted by Gasteiger charge is -2.12. The van der Waals surface area contributed by atoms with E-state index < -0.39 is 0 Å². The Bertz CT molecular complexity index is 1070. The standard InChI is InChI=1S/C20H21N5O4S2/c1-12(26)22-14-5-4-6-15(7-14)23-19(27)10-29-17-8-16(21-9-18(17)28-3)11-30-20-25-24-13(2)31-20/h4-9H,10-11H2,1-3H3,(H,22,26)(H,23,27). The predicted molar refractivity (Wildman–Crippen MR) is 120 cm³/mol. The lowest BCUT2D eigenvalue weighted by atomic mass is 10.2. The van der Waals surface area contributed by atoms with E-state index in [0.29, 0.717) is 28.6 Å². The molecule has 2 amide bonds. The van der Waals surface area contributed by atoms with Gasteiger partial charge in [-0.3, -0.25) is 14.6 Å². The average Bonchev–Trinajstić information content (AvgIpc) is 3.15. The third-order valence-corrected chi connectivity index (χ3v) is 5.79. The number of benzene rings is 1. The lowest BCUT2D eigenvalue weighted by molar-refractivity contribution is -0.118. The van der Waals surface area contributed by atoms with Crippen LogP contribution >= 0.6 is 23.1 Å². The molecule has 1 aromatic carbocycles. The number of carbonyl (C=O) groups is 2. The summed E-state index contributed by atoms with van der Waals surface area (Å²) in [4.78, 5) is 27.9. The van der Waals surface area contributed by atoms with Gasteiger partial charge in [-0.15, -0.1) is 10.2 Å². The van der Waals surface area contributed by atoms with Crippen LogP contribution in [0.3, 0.4) is 0 Å². The van der Waals surface area contributed by atoms with Gasteiger partial charge in [-0.25, -0.2) is 0 Å². The Kier molecular flexibility index (Phi) is 7.79. The second-order valence-electron chi connectivity index (χ2n) is 6.30. The maximum atomic E-state index is 12.3. The zero-order valence-electron chi connectivity index (χ0n) is 17.2. The number of rotatable bonds is 9. The van der Waals surface area contributed by atoms with Crippen LogP contribution in [-0.2, 0) is 15.3 Å². The molecule has 0 saturated heterocycles. The van der Waals surface area contributed by atoms with Gasteiger partial charge in [0.15, 0.2) is 22.4 Å². The van der Waals surface area contributed by atoms with Crippen LogP contribution in [0.5, 0.6) is 11.5 Å². The van der Waals surface area contributed by atoms with Crippen molar-refractivity contribution < 1.29 is 19.1 Å². The summed E-state index contributed by atoms with van der Waals surface area (Å²) >= 11 is 3.04. The molecule has 2 aromatic heterocycles. The average molecular weight is 460 g/mol. The molecule has 0 fully saturated rings. The number of thioether (sulfide) groups is 1. The SMILES string of the molecule is COc1cnc(CSc2nnc(C)s2)cc1OCC(=O)Nc1cccc(NC(C)=O)c1. The number of nitrogens with one attached hydrogen (secondary N) is 2. The first kappa shape index (κ1) is 22.5. The van der Waals surface area contributed by atoms with E-state index in [9.17, 15) is 9.59 Å². The summed E-state index contributed by atoms with van der Waals surface area (Å²) in [6.45, 7) is 3.11. The van der Waals surface area contributed by atoms with Gasteiger partial charge in [0.2, 0.25) is 5.91 Å². The van der Waals surface area contributed by atoms with Gasteiger partial charge >= 0.3 is 0 Å². The lowest BCUT2D eigenvalue weighted by Crippen LogP contribution is -2.20. The minimum absolute atomic E-state index is 0.188. The number of aromatic nitrogens is 3. The van der Waals surface area contributed by atoms with E-state index in [1.54, 1.807) is 36.5 Å². The number of aryl methyl sites for hydroxylation is 1. The molecule has 2 heterocycles. The van der Waals surface area contributed by atoms with Crippen molar-refractivity contribution in [2.75, 3.05) is 24.4 Å². The Morgan fingerprint density at radius 3 is 2.58 bits per heavy atom. The summed E-state index contributed by atoms with van der Waals surface area (Å²) < 4.78 is 11.8. The number of hydrogen-bond donors (Lipinski definition) is 2. The number of nitrogens with zero attached hydrogens (tertiary/aromatic N) is 3. The Balaban J connectivity index is 1.59. The monoisotopic (exact) mass is 459 g/mol. The number of carbonyl (C=O) groups excluding carboxylic acids is 2. The van der Waals surface area contributed by atoms with Crippen LogP contribution in [-0.4, -0.2) is 40.7 Å². The fourth-order valence-corrected chi connectivity index (χ4v) is 4.22. The Hall–Kier alpha value is -3.18. The van der Waals surface area contributed by atoms with Crippen LogP contribution in [0.2, 0.25) is 0 Å². The molecular weight excluding hydrogens is 438 g/mol. The summed E-state index contributed by atoms with van der Waals surface area (Å²) in [7, 11) is 1.51. The number of anilines is 2. The van der Waals surface area contributed by atoms with E-state index in [1.807, 2.05) is 6.92 Å². The van der Waals surface area contributed by atoms with Crippen molar-refractivity contribution in [1.82, 2.24) is 15.2 Å². The molecule has 0 saturated carbocycles. The van der Waals surface area contributed by atoms with E-state index in [-0.39, 0.29) is 18.4 Å². The van der Waals surface area contributed by atoms with E-state index in [0.717, 1.165) is 15.0 Å². The second-order valence-corrected chi connectivity index (χ2v) is 8.71. The Labute approximate surface area is 187 Å². The highest BCUT2D eigenvalue weighted by Crippen LogP contribution is 2.30. The summed E-state index contributed by atoms with van der Waals surface area (Å²) in [6.07, 6.45) is 1.56. The molecule has 0 aliphatic rings. The minimum Gasteiger partial charge on any atom is -0.491 e. The molecule has 11 heteroatoms. The minimum atomic E-state index is -0.348. The summed E-state index contributed by atoms with van der Waals surface area (Å²) in [5.74, 6) is 0.896. The van der Waals surface area contributed by atoms with Crippen molar-refractivity contribution in [2.24, 2.45) is 0 Å². The van der Waals surface area contributed by atoms with Crippen LogP contribution < -0.4 is 20.1 Å². The third-order valence-electron chi connectivity index (χ3n) is 3.78. The molecule has 0 atom stereocenters. The number of pyridine rings is 1. The highest BCUT2D eigenvalue weighted by Gasteiger charge is 2.12. The number of amides is 2. The number of ether oxygens (including phenoxy) is 2. The summed E-state index contributed by atoms with van der Waals surface area (Å²) in [5.41, 5.74) is 1.90. The fraction of sp³-hybridized carbons (Fsp3) is 0.250. The Morgan fingerprint density at radius 1 is 1.13 bits per heavy atom. The molecule has 0 aliphatic carbocycles. The highest BCUT2D eigenvalue weighted by atomic mass is 32.2. The number of hydrogen-bond acceptors (Lipinski definition) is 9. The maximum Gasteiger partial charge on any atom is 0.262 e. The van der Waals surface area contributed by atoms with E-state index in [1.165, 1.54) is 37.1 Å². The molecule has 0 radical (unpaired) electrons. The highest BCUT2D eigenvalue weighted by molar-refractivity contribution is 8.00. The van der Waals surface area contributed by atoms with Crippen molar-refractivity contribution in [3.05, 3.63) is 47.2 Å². The smallest absolute Gasteiger partial charge is 0.262 e. The van der Waals surface area contributed by atoms with Gasteiger partial charge in [0.1, 0.15) is 5.01 Å². The summed E-state index contributed by atoms with van der Waals surface area (Å²) in [5, 5.41) is 14.4. The molecule has 9 nitrogen and oxygen atoms in total. The van der Waals surface area contributed by atoms with E-state index in [2.05, 4.69) is 25.8 Å². The van der Waals surface area contributed by atoms with Crippen LogP contribution in [0, 0.1) is 6.92 Å². The molecule has 0 spiro atoms. The van der Waals surface area contributed by atoms with Crippen molar-refractivity contribution in [2.45, 2.75) is 23.9 Å². The second kappa shape index (κ2) is 10.7. The van der Waals surface area contributed by atoms with E-state index >= 15 is 0 Å². The topological polar surface area (TPSA) is 115 Å². The van der Waals surface area contributed by atoms with Gasteiger partial charge in [0.25, 0.3) is 5.91 Å². The molecule has 0 bridgehead atoms. The van der Waals surface area contributed by atoms with Gasteiger partial charge in [0.05, 0.1) is 19.0 Å². The third kappa shape index (κ3) is 6.93. The quantitative estimate of drug-likeness (QED) is 0.467. The Morgan fingerprint density at radius 2 is 1.90 bits per heavy atom. The first-order valence-electron chi connectivity index (χ1n) is 9.19. The van der Waals surface area contributed by atoms with E-state index in [4.69, 9.17) is 9.47 Å². The first-order valence-corrected chi connectivity index (χ1v) is 11.0. The van der Waals surface area contributed by atoms with Gasteiger partial charge in [-0.1, -0.05) is 29.2 Å².